The molecule has 25 heavy (non-hydrogen) atoms. The molecule has 2 aromatic rings. The molecule has 0 saturated carbocycles. The number of amides is 2. The van der Waals surface area contributed by atoms with Gasteiger partial charge in [0.25, 0.3) is 0 Å². The number of likely N-dealkylation sites (tertiary alicyclic amines) is 1. The quantitative estimate of drug-likeness (QED) is 0.612. The predicted octanol–water partition coefficient (Wildman–Crippen LogP) is 2.30. The summed E-state index contributed by atoms with van der Waals surface area (Å²) in [7, 11) is 0. The highest BCUT2D eigenvalue weighted by atomic mass is 16.5. The van der Waals surface area contributed by atoms with E-state index in [0.29, 0.717) is 17.0 Å². The summed E-state index contributed by atoms with van der Waals surface area (Å²) in [6.45, 7) is 3.87. The van der Waals surface area contributed by atoms with Crippen LogP contribution < -0.4 is 0 Å². The highest BCUT2D eigenvalue weighted by Crippen LogP contribution is 2.17. The summed E-state index contributed by atoms with van der Waals surface area (Å²) in [5.41, 5.74) is 2.64. The summed E-state index contributed by atoms with van der Waals surface area (Å²) in [5, 5.41) is 3.81. The second-order valence-corrected chi connectivity index (χ2v) is 5.95. The lowest BCUT2D eigenvalue weighted by atomic mass is 10.1. The van der Waals surface area contributed by atoms with Crippen molar-refractivity contribution in [1.29, 1.82) is 0 Å². The minimum absolute atomic E-state index is 0.0958. The SMILES string of the molecule is Cc1noc(C)c1COC(=O)c1ccc(CN2C(=O)CCC2=O)cc1. The van der Waals surface area contributed by atoms with Gasteiger partial charge in [0.1, 0.15) is 12.4 Å². The molecule has 0 N–H and O–H groups in total. The molecular formula is C18H18N2O5. The Morgan fingerprint density at radius 1 is 1.16 bits per heavy atom. The van der Waals surface area contributed by atoms with E-state index in [9.17, 15) is 14.4 Å². The highest BCUT2D eigenvalue weighted by Gasteiger charge is 2.28. The van der Waals surface area contributed by atoms with Gasteiger partial charge in [-0.25, -0.2) is 4.79 Å². The van der Waals surface area contributed by atoms with Gasteiger partial charge in [-0.3, -0.25) is 14.5 Å². The summed E-state index contributed by atoms with van der Waals surface area (Å²) in [6, 6.07) is 6.67. The third-order valence-electron chi connectivity index (χ3n) is 4.21. The molecule has 2 heterocycles. The van der Waals surface area contributed by atoms with Crippen LogP contribution in [0.1, 0.15) is 45.8 Å². The number of rotatable bonds is 5. The number of carbonyl (C=O) groups is 3. The van der Waals surface area contributed by atoms with Crippen LogP contribution in [0.15, 0.2) is 28.8 Å². The van der Waals surface area contributed by atoms with Crippen molar-refractivity contribution in [2.45, 2.75) is 39.8 Å². The molecule has 1 aromatic heterocycles. The third kappa shape index (κ3) is 3.60. The van der Waals surface area contributed by atoms with Gasteiger partial charge in [-0.2, -0.15) is 0 Å². The van der Waals surface area contributed by atoms with Crippen molar-refractivity contribution >= 4 is 17.8 Å². The fourth-order valence-corrected chi connectivity index (χ4v) is 2.66. The van der Waals surface area contributed by atoms with Gasteiger partial charge in [-0.15, -0.1) is 0 Å². The van der Waals surface area contributed by atoms with Crippen molar-refractivity contribution in [3.8, 4) is 0 Å². The van der Waals surface area contributed by atoms with Crippen LogP contribution in [0.25, 0.3) is 0 Å². The molecule has 1 aliphatic rings. The number of nitrogens with zero attached hydrogens (tertiary/aromatic N) is 2. The molecule has 0 atom stereocenters. The lowest BCUT2D eigenvalue weighted by Crippen LogP contribution is -2.28. The first kappa shape index (κ1) is 16.9. The van der Waals surface area contributed by atoms with Gasteiger partial charge >= 0.3 is 5.97 Å². The molecule has 0 aliphatic carbocycles. The fraction of sp³-hybridized carbons (Fsp3) is 0.333. The number of aryl methyl sites for hydroxylation is 2. The first-order chi connectivity index (χ1) is 12.0. The summed E-state index contributed by atoms with van der Waals surface area (Å²) >= 11 is 0. The van der Waals surface area contributed by atoms with Gasteiger partial charge in [0.15, 0.2) is 0 Å². The summed E-state index contributed by atoms with van der Waals surface area (Å²) in [6.07, 6.45) is 0.538. The van der Waals surface area contributed by atoms with E-state index in [1.807, 2.05) is 0 Å². The molecule has 0 unspecified atom stereocenters. The minimum atomic E-state index is -0.458. The lowest BCUT2D eigenvalue weighted by molar-refractivity contribution is -0.139. The first-order valence-corrected chi connectivity index (χ1v) is 7.96. The summed E-state index contributed by atoms with van der Waals surface area (Å²) in [4.78, 5) is 36.6. The lowest BCUT2D eigenvalue weighted by Gasteiger charge is -2.13. The molecule has 0 spiro atoms. The van der Waals surface area contributed by atoms with Gasteiger partial charge in [-0.05, 0) is 31.5 Å². The number of ether oxygens (including phenoxy) is 1. The Labute approximate surface area is 144 Å². The van der Waals surface area contributed by atoms with E-state index in [1.165, 1.54) is 4.90 Å². The average molecular weight is 342 g/mol. The van der Waals surface area contributed by atoms with E-state index in [4.69, 9.17) is 9.26 Å². The monoisotopic (exact) mass is 342 g/mol. The fourth-order valence-electron chi connectivity index (χ4n) is 2.66. The van der Waals surface area contributed by atoms with Crippen molar-refractivity contribution in [3.05, 3.63) is 52.4 Å². The molecule has 1 fully saturated rings. The molecule has 1 saturated heterocycles. The van der Waals surface area contributed by atoms with Crippen LogP contribution in [-0.2, 0) is 27.5 Å². The van der Waals surface area contributed by atoms with Crippen LogP contribution in [0, 0.1) is 13.8 Å². The average Bonchev–Trinajstić information content (AvgIpc) is 3.09. The predicted molar refractivity (Wildman–Crippen MR) is 86.3 cm³/mol. The number of aromatic nitrogens is 1. The van der Waals surface area contributed by atoms with E-state index in [0.717, 1.165) is 11.1 Å². The molecule has 1 aliphatic heterocycles. The second kappa shape index (κ2) is 6.88. The highest BCUT2D eigenvalue weighted by molar-refractivity contribution is 6.01. The molecular weight excluding hydrogens is 324 g/mol. The standard InChI is InChI=1S/C18H18N2O5/c1-11-15(12(2)25-19-11)10-24-18(23)14-5-3-13(4-6-14)9-20-16(21)7-8-17(20)22/h3-6H,7-10H2,1-2H3. The zero-order valence-corrected chi connectivity index (χ0v) is 14.1. The van der Waals surface area contributed by atoms with Crippen molar-refractivity contribution in [3.63, 3.8) is 0 Å². The van der Waals surface area contributed by atoms with Crippen molar-refractivity contribution < 1.29 is 23.6 Å². The minimum Gasteiger partial charge on any atom is -0.457 e. The molecule has 3 rings (SSSR count). The first-order valence-electron chi connectivity index (χ1n) is 7.96. The Morgan fingerprint density at radius 2 is 1.80 bits per heavy atom. The topological polar surface area (TPSA) is 89.7 Å². The third-order valence-corrected chi connectivity index (χ3v) is 4.21. The van der Waals surface area contributed by atoms with Crippen molar-refractivity contribution in [2.24, 2.45) is 0 Å². The van der Waals surface area contributed by atoms with E-state index in [-0.39, 0.29) is 37.8 Å². The van der Waals surface area contributed by atoms with E-state index >= 15 is 0 Å². The normalized spacial score (nSPS) is 14.2. The van der Waals surface area contributed by atoms with Crippen LogP contribution in [0.2, 0.25) is 0 Å². The molecule has 130 valence electrons. The Kier molecular flexibility index (Phi) is 4.65. The van der Waals surface area contributed by atoms with E-state index in [1.54, 1.807) is 38.1 Å². The Morgan fingerprint density at radius 3 is 2.36 bits per heavy atom. The maximum atomic E-state index is 12.1. The number of esters is 1. The van der Waals surface area contributed by atoms with Gasteiger partial charge in [0.05, 0.1) is 23.4 Å². The van der Waals surface area contributed by atoms with Crippen molar-refractivity contribution in [1.82, 2.24) is 10.1 Å². The maximum Gasteiger partial charge on any atom is 0.338 e. The second-order valence-electron chi connectivity index (χ2n) is 5.95. The molecule has 1 aromatic carbocycles. The summed E-state index contributed by atoms with van der Waals surface area (Å²) in [5.74, 6) is -0.152. The molecule has 2 amide bonds. The van der Waals surface area contributed by atoms with Crippen LogP contribution >= 0.6 is 0 Å². The Balaban J connectivity index is 1.61. The number of benzene rings is 1. The van der Waals surface area contributed by atoms with Gasteiger partial charge in [0, 0.05) is 12.8 Å². The Hall–Kier alpha value is -2.96. The number of hydrogen-bond acceptors (Lipinski definition) is 6. The van der Waals surface area contributed by atoms with E-state index < -0.39 is 5.97 Å². The van der Waals surface area contributed by atoms with Gasteiger partial charge in [-0.1, -0.05) is 17.3 Å². The zero-order valence-electron chi connectivity index (χ0n) is 14.1. The van der Waals surface area contributed by atoms with Crippen LogP contribution in [0.3, 0.4) is 0 Å². The van der Waals surface area contributed by atoms with Gasteiger partial charge in [0.2, 0.25) is 11.8 Å². The smallest absolute Gasteiger partial charge is 0.338 e. The number of hydrogen-bond donors (Lipinski definition) is 0. The van der Waals surface area contributed by atoms with E-state index in [2.05, 4.69) is 5.16 Å². The summed E-state index contributed by atoms with van der Waals surface area (Å²) < 4.78 is 10.3. The number of imide groups is 1. The maximum absolute atomic E-state index is 12.1. The molecule has 7 heteroatoms. The largest absolute Gasteiger partial charge is 0.457 e. The molecule has 7 nitrogen and oxygen atoms in total. The van der Waals surface area contributed by atoms with Crippen LogP contribution in [0.4, 0.5) is 0 Å². The molecule has 0 radical (unpaired) electrons. The molecule has 0 bridgehead atoms. The Bertz CT molecular complexity index is 787. The van der Waals surface area contributed by atoms with Crippen molar-refractivity contribution in [2.75, 3.05) is 0 Å². The van der Waals surface area contributed by atoms with Gasteiger partial charge < -0.3 is 9.26 Å². The number of carbonyl (C=O) groups excluding carboxylic acids is 3. The van der Waals surface area contributed by atoms with Crippen LogP contribution in [-0.4, -0.2) is 27.8 Å². The zero-order chi connectivity index (χ0) is 18.0. The van der Waals surface area contributed by atoms with Crippen LogP contribution in [0.5, 0.6) is 0 Å².